The first-order valence-electron chi connectivity index (χ1n) is 8.36. The van der Waals surface area contributed by atoms with Crippen molar-refractivity contribution >= 4 is 49.3 Å². The molecule has 0 fully saturated rings. The van der Waals surface area contributed by atoms with Crippen molar-refractivity contribution in [2.24, 2.45) is 0 Å². The van der Waals surface area contributed by atoms with Gasteiger partial charge in [0.1, 0.15) is 5.65 Å². The Kier molecular flexibility index (Phi) is 2.35. The molecule has 0 spiro atoms. The smallest absolute Gasteiger partial charge is 0.146 e. The number of rotatable bonds is 0. The molecule has 0 aliphatic carbocycles. The Bertz CT molecular complexity index is 1440. The zero-order valence-electron chi connectivity index (χ0n) is 13.3. The first-order chi connectivity index (χ1) is 12.4. The minimum Gasteiger partial charge on any atom is -0.292 e. The maximum absolute atomic E-state index is 4.94. The summed E-state index contributed by atoms with van der Waals surface area (Å²) in [6.07, 6.45) is 1.85. The highest BCUT2D eigenvalue weighted by molar-refractivity contribution is 6.17. The lowest BCUT2D eigenvalue weighted by Crippen LogP contribution is -1.92. The van der Waals surface area contributed by atoms with Crippen LogP contribution in [0, 0.1) is 0 Å². The minimum atomic E-state index is 1.00. The van der Waals surface area contributed by atoms with Crippen molar-refractivity contribution in [1.29, 1.82) is 0 Å². The summed E-state index contributed by atoms with van der Waals surface area (Å²) >= 11 is 0. The average molecular weight is 319 g/mol. The largest absolute Gasteiger partial charge is 0.292 e. The van der Waals surface area contributed by atoms with Crippen molar-refractivity contribution in [3.05, 3.63) is 79.0 Å². The number of aromatic nitrogens is 3. The number of hydrogen-bond donors (Lipinski definition) is 0. The van der Waals surface area contributed by atoms with Crippen LogP contribution in [-0.2, 0) is 0 Å². The molecule has 0 atom stereocenters. The third-order valence-corrected chi connectivity index (χ3v) is 4.98. The molecule has 0 saturated heterocycles. The molecule has 0 bridgehead atoms. The first kappa shape index (κ1) is 12.9. The van der Waals surface area contributed by atoms with E-state index in [4.69, 9.17) is 4.98 Å². The van der Waals surface area contributed by atoms with Crippen LogP contribution in [0.3, 0.4) is 0 Å². The summed E-state index contributed by atoms with van der Waals surface area (Å²) < 4.78 is 2.27. The fourth-order valence-electron chi connectivity index (χ4n) is 3.88. The van der Waals surface area contributed by atoms with E-state index >= 15 is 0 Å². The molecular weight excluding hydrogens is 306 g/mol. The maximum atomic E-state index is 4.94. The predicted molar refractivity (Wildman–Crippen MR) is 103 cm³/mol. The van der Waals surface area contributed by atoms with Crippen molar-refractivity contribution in [3.63, 3.8) is 0 Å². The molecule has 3 heterocycles. The monoisotopic (exact) mass is 319 g/mol. The van der Waals surface area contributed by atoms with Gasteiger partial charge in [0.05, 0.1) is 22.1 Å². The minimum absolute atomic E-state index is 1.00. The lowest BCUT2D eigenvalue weighted by molar-refractivity contribution is 1.31. The standard InChI is InChI=1S/C22H13N3/c1-3-9-20-15(7-1)16-13-19-14(6-5-11-23-19)12-17(16)22-24-18-8-2-4-10-21(18)25(20)22/h1-13H. The molecule has 0 unspecified atom stereocenters. The Labute approximate surface area is 143 Å². The summed E-state index contributed by atoms with van der Waals surface area (Å²) in [4.78, 5) is 9.48. The molecule has 0 amide bonds. The van der Waals surface area contributed by atoms with Crippen LogP contribution in [0.4, 0.5) is 0 Å². The molecule has 3 nitrogen and oxygen atoms in total. The second-order valence-electron chi connectivity index (χ2n) is 6.37. The fourth-order valence-corrected chi connectivity index (χ4v) is 3.88. The average Bonchev–Trinajstić information content (AvgIpc) is 3.07. The molecule has 0 radical (unpaired) electrons. The van der Waals surface area contributed by atoms with Crippen LogP contribution in [0.2, 0.25) is 0 Å². The van der Waals surface area contributed by atoms with E-state index in [1.807, 2.05) is 18.3 Å². The summed E-state index contributed by atoms with van der Waals surface area (Å²) in [6, 6.07) is 25.3. The van der Waals surface area contributed by atoms with E-state index in [9.17, 15) is 0 Å². The van der Waals surface area contributed by atoms with E-state index in [1.54, 1.807) is 0 Å². The second-order valence-corrected chi connectivity index (χ2v) is 6.37. The van der Waals surface area contributed by atoms with Gasteiger partial charge in [0.15, 0.2) is 0 Å². The normalized spacial score (nSPS) is 12.0. The quantitative estimate of drug-likeness (QED) is 0.279. The number of pyridine rings is 2. The third kappa shape index (κ3) is 1.64. The topological polar surface area (TPSA) is 30.2 Å². The highest BCUT2D eigenvalue weighted by atomic mass is 15.0. The van der Waals surface area contributed by atoms with Crippen LogP contribution < -0.4 is 0 Å². The lowest BCUT2D eigenvalue weighted by atomic mass is 10.0. The van der Waals surface area contributed by atoms with Crippen molar-refractivity contribution in [1.82, 2.24) is 14.4 Å². The maximum Gasteiger partial charge on any atom is 0.146 e. The lowest BCUT2D eigenvalue weighted by Gasteiger charge is -2.10. The van der Waals surface area contributed by atoms with Gasteiger partial charge >= 0.3 is 0 Å². The van der Waals surface area contributed by atoms with Crippen LogP contribution in [0.5, 0.6) is 0 Å². The summed E-state index contributed by atoms with van der Waals surface area (Å²) in [6.45, 7) is 0. The first-order valence-corrected chi connectivity index (χ1v) is 8.36. The van der Waals surface area contributed by atoms with Gasteiger partial charge in [-0.1, -0.05) is 36.4 Å². The van der Waals surface area contributed by atoms with Crippen molar-refractivity contribution < 1.29 is 0 Å². The summed E-state index contributed by atoms with van der Waals surface area (Å²) in [5.41, 5.74) is 5.35. The van der Waals surface area contributed by atoms with E-state index in [2.05, 4.69) is 70.0 Å². The number of nitrogens with zero attached hydrogens (tertiary/aromatic N) is 3. The van der Waals surface area contributed by atoms with Crippen LogP contribution in [0.25, 0.3) is 49.3 Å². The van der Waals surface area contributed by atoms with E-state index in [0.29, 0.717) is 0 Å². The van der Waals surface area contributed by atoms with E-state index < -0.39 is 0 Å². The molecule has 3 aromatic heterocycles. The molecule has 6 aromatic rings. The van der Waals surface area contributed by atoms with Gasteiger partial charge in [-0.2, -0.15) is 0 Å². The number of fused-ring (bicyclic) bond motifs is 9. The van der Waals surface area contributed by atoms with E-state index in [-0.39, 0.29) is 0 Å². The van der Waals surface area contributed by atoms with Crippen LogP contribution in [-0.4, -0.2) is 14.4 Å². The van der Waals surface area contributed by atoms with Gasteiger partial charge < -0.3 is 0 Å². The molecule has 0 N–H and O–H groups in total. The second kappa shape index (κ2) is 4.54. The highest BCUT2D eigenvalue weighted by Crippen LogP contribution is 2.34. The highest BCUT2D eigenvalue weighted by Gasteiger charge is 2.13. The molecule has 3 heteroatoms. The van der Waals surface area contributed by atoms with Gasteiger partial charge in [-0.3, -0.25) is 9.38 Å². The Hall–Kier alpha value is -3.46. The number of imidazole rings is 1. The van der Waals surface area contributed by atoms with Crippen LogP contribution in [0.1, 0.15) is 0 Å². The van der Waals surface area contributed by atoms with E-state index in [0.717, 1.165) is 33.0 Å². The zero-order valence-corrected chi connectivity index (χ0v) is 13.3. The summed E-state index contributed by atoms with van der Waals surface area (Å²) in [5, 5.41) is 4.72. The third-order valence-electron chi connectivity index (χ3n) is 4.98. The fraction of sp³-hybridized carbons (Fsp3) is 0. The molecule has 6 rings (SSSR count). The van der Waals surface area contributed by atoms with Gasteiger partial charge in [-0.05, 0) is 41.8 Å². The van der Waals surface area contributed by atoms with Gasteiger partial charge in [-0.25, -0.2) is 4.98 Å². The predicted octanol–water partition coefficient (Wildman–Crippen LogP) is 5.34. The Morgan fingerprint density at radius 1 is 0.640 bits per heavy atom. The molecule has 0 aliphatic rings. The summed E-state index contributed by atoms with van der Waals surface area (Å²) in [5.74, 6) is 0. The Morgan fingerprint density at radius 3 is 2.44 bits per heavy atom. The van der Waals surface area contributed by atoms with Gasteiger partial charge in [-0.15, -0.1) is 0 Å². The number of hydrogen-bond acceptors (Lipinski definition) is 2. The molecule has 116 valence electrons. The molecular formula is C22H13N3. The molecule has 0 saturated carbocycles. The number of para-hydroxylation sites is 3. The number of benzene rings is 3. The SMILES string of the molecule is c1cnc2cc3c4ccccc4n4c5ccccc5nc4c3cc2c1. The molecule has 3 aromatic carbocycles. The summed E-state index contributed by atoms with van der Waals surface area (Å²) in [7, 11) is 0. The molecule has 25 heavy (non-hydrogen) atoms. The Morgan fingerprint density at radius 2 is 1.48 bits per heavy atom. The van der Waals surface area contributed by atoms with Gasteiger partial charge in [0, 0.05) is 22.4 Å². The zero-order chi connectivity index (χ0) is 16.4. The Balaban J connectivity index is 2.01. The van der Waals surface area contributed by atoms with Crippen molar-refractivity contribution in [2.75, 3.05) is 0 Å². The van der Waals surface area contributed by atoms with Crippen molar-refractivity contribution in [2.45, 2.75) is 0 Å². The molecule has 0 aliphatic heterocycles. The van der Waals surface area contributed by atoms with Crippen LogP contribution in [0.15, 0.2) is 79.0 Å². The van der Waals surface area contributed by atoms with E-state index in [1.165, 1.54) is 16.3 Å². The van der Waals surface area contributed by atoms with Gasteiger partial charge in [0.2, 0.25) is 0 Å². The van der Waals surface area contributed by atoms with Crippen molar-refractivity contribution in [3.8, 4) is 0 Å². The van der Waals surface area contributed by atoms with Gasteiger partial charge in [0.25, 0.3) is 0 Å². The van der Waals surface area contributed by atoms with Crippen LogP contribution >= 0.6 is 0 Å².